The molecule has 0 bridgehead atoms. The molecule has 1 aliphatic rings. The highest BCUT2D eigenvalue weighted by atomic mass is 16.2. The number of likely N-dealkylation sites (N-methyl/N-ethyl adjacent to an activating group) is 1. The lowest BCUT2D eigenvalue weighted by Gasteiger charge is -2.10. The summed E-state index contributed by atoms with van der Waals surface area (Å²) in [6, 6.07) is -0.602. The molecular formula is C6H8N3O2. The molecule has 11 heavy (non-hydrogen) atoms. The molecule has 0 aromatic carbocycles. The van der Waals surface area contributed by atoms with Gasteiger partial charge in [0.15, 0.2) is 0 Å². The third-order valence-corrected chi connectivity index (χ3v) is 1.21. The van der Waals surface area contributed by atoms with Crippen LogP contribution in [-0.4, -0.2) is 25.5 Å². The van der Waals surface area contributed by atoms with Gasteiger partial charge in [-0.15, -0.1) is 0 Å². The number of rotatable bonds is 2. The average Bonchev–Trinajstić information content (AvgIpc) is 1.95. The zero-order chi connectivity index (χ0) is 8.27. The molecule has 1 aliphatic heterocycles. The van der Waals surface area contributed by atoms with Gasteiger partial charge in [-0.1, -0.05) is 0 Å². The number of hydrogen-bond donors (Lipinski definition) is 2. The molecule has 2 N–H and O–H groups in total. The molecule has 0 aliphatic carbocycles. The lowest BCUT2D eigenvalue weighted by Crippen LogP contribution is -2.39. The van der Waals surface area contributed by atoms with Crippen LogP contribution < -0.4 is 16.0 Å². The Balaban J connectivity index is 2.64. The maximum Gasteiger partial charge on any atom is 0.348 e. The number of nitrogens with zero attached hydrogens (tertiary/aromatic N) is 1. The smallest absolute Gasteiger partial charge is 0.315 e. The van der Waals surface area contributed by atoms with Gasteiger partial charge >= 0.3 is 6.03 Å². The normalized spacial score (nSPS) is 17.0. The van der Waals surface area contributed by atoms with Crippen LogP contribution in [0, 0.1) is 0 Å². The van der Waals surface area contributed by atoms with E-state index in [1.165, 1.54) is 6.20 Å². The van der Waals surface area contributed by atoms with Crippen molar-refractivity contribution in [2.45, 2.75) is 0 Å². The second-order valence-corrected chi connectivity index (χ2v) is 2.07. The minimum Gasteiger partial charge on any atom is -0.315 e. The molecule has 0 aromatic rings. The fraction of sp³-hybridized carbons (Fsp3) is 0.333. The highest BCUT2D eigenvalue weighted by Crippen LogP contribution is 1.96. The Morgan fingerprint density at radius 1 is 1.64 bits per heavy atom. The maximum atomic E-state index is 10.9. The molecule has 0 fully saturated rings. The Labute approximate surface area is 63.8 Å². The van der Waals surface area contributed by atoms with Crippen LogP contribution in [0.15, 0.2) is 11.8 Å². The summed E-state index contributed by atoms with van der Waals surface area (Å²) in [4.78, 5) is 21.3. The first-order valence-corrected chi connectivity index (χ1v) is 3.14. The van der Waals surface area contributed by atoms with Crippen molar-refractivity contribution in [2.75, 3.05) is 13.6 Å². The third kappa shape index (κ3) is 1.78. The minimum absolute atomic E-state index is 0.419. The summed E-state index contributed by atoms with van der Waals surface area (Å²) < 4.78 is 0. The van der Waals surface area contributed by atoms with Crippen molar-refractivity contribution >= 4 is 11.9 Å². The van der Waals surface area contributed by atoms with Crippen molar-refractivity contribution in [2.24, 2.45) is 0 Å². The molecule has 5 nitrogen and oxygen atoms in total. The standard InChI is InChI=1S/C6H8N3O2/c1-7-2-4-3-8-6(11)9-5(4)10/h3,7H,2H2,1H3,(H,8,11). The zero-order valence-corrected chi connectivity index (χ0v) is 6.05. The van der Waals surface area contributed by atoms with Crippen LogP contribution in [0.1, 0.15) is 0 Å². The maximum absolute atomic E-state index is 10.9. The van der Waals surface area contributed by atoms with Crippen LogP contribution in [0.4, 0.5) is 4.79 Å². The monoisotopic (exact) mass is 154 g/mol. The number of carbonyl (C=O) groups excluding carboxylic acids is 2. The van der Waals surface area contributed by atoms with Gasteiger partial charge in [-0.3, -0.25) is 4.79 Å². The summed E-state index contributed by atoms with van der Waals surface area (Å²) in [6.07, 6.45) is 1.37. The van der Waals surface area contributed by atoms with Crippen LogP contribution in [0.25, 0.3) is 0 Å². The minimum atomic E-state index is -0.602. The van der Waals surface area contributed by atoms with Gasteiger partial charge in [0.2, 0.25) is 0 Å². The number of urea groups is 1. The molecule has 3 amide bonds. The van der Waals surface area contributed by atoms with E-state index in [2.05, 4.69) is 16.0 Å². The number of carbonyl (C=O) groups is 2. The fourth-order valence-corrected chi connectivity index (χ4v) is 0.724. The molecular weight excluding hydrogens is 146 g/mol. The van der Waals surface area contributed by atoms with Crippen LogP contribution in [-0.2, 0) is 4.79 Å². The Morgan fingerprint density at radius 3 is 2.91 bits per heavy atom. The van der Waals surface area contributed by atoms with Gasteiger partial charge < -0.3 is 10.6 Å². The van der Waals surface area contributed by atoms with E-state index in [1.807, 2.05) is 0 Å². The van der Waals surface area contributed by atoms with Crippen molar-refractivity contribution in [1.82, 2.24) is 16.0 Å². The molecule has 59 valence electrons. The number of hydrogen-bond acceptors (Lipinski definition) is 3. The number of imide groups is 1. The van der Waals surface area contributed by atoms with E-state index in [9.17, 15) is 9.59 Å². The first-order chi connectivity index (χ1) is 5.24. The molecule has 0 aromatic heterocycles. The van der Waals surface area contributed by atoms with Crippen molar-refractivity contribution in [1.29, 1.82) is 0 Å². The third-order valence-electron chi connectivity index (χ3n) is 1.21. The van der Waals surface area contributed by atoms with Crippen LogP contribution in [0.2, 0.25) is 0 Å². The molecule has 1 rings (SSSR count). The largest absolute Gasteiger partial charge is 0.348 e. The Hall–Kier alpha value is -1.36. The summed E-state index contributed by atoms with van der Waals surface area (Å²) in [5.74, 6) is -0.469. The highest BCUT2D eigenvalue weighted by Gasteiger charge is 2.18. The van der Waals surface area contributed by atoms with E-state index in [0.717, 1.165) is 0 Å². The second kappa shape index (κ2) is 3.16. The first-order valence-electron chi connectivity index (χ1n) is 3.14. The SMILES string of the molecule is CNCC1=CNC(=O)[N]C1=O. The van der Waals surface area contributed by atoms with E-state index >= 15 is 0 Å². The van der Waals surface area contributed by atoms with Crippen LogP contribution in [0.5, 0.6) is 0 Å². The number of amides is 3. The van der Waals surface area contributed by atoms with Crippen LogP contribution in [0.3, 0.4) is 0 Å². The molecule has 0 spiro atoms. The molecule has 0 atom stereocenters. The molecule has 1 heterocycles. The second-order valence-electron chi connectivity index (χ2n) is 2.07. The Morgan fingerprint density at radius 2 is 2.36 bits per heavy atom. The Bertz CT molecular complexity index is 222. The van der Waals surface area contributed by atoms with E-state index < -0.39 is 11.9 Å². The van der Waals surface area contributed by atoms with Gasteiger partial charge in [-0.2, -0.15) is 5.32 Å². The van der Waals surface area contributed by atoms with E-state index in [4.69, 9.17) is 0 Å². The van der Waals surface area contributed by atoms with Gasteiger partial charge in [-0.05, 0) is 7.05 Å². The zero-order valence-electron chi connectivity index (χ0n) is 6.05. The molecule has 5 heteroatoms. The Kier molecular flexibility index (Phi) is 2.22. The van der Waals surface area contributed by atoms with Gasteiger partial charge in [0.05, 0.1) is 0 Å². The van der Waals surface area contributed by atoms with Gasteiger partial charge in [-0.25, -0.2) is 4.79 Å². The van der Waals surface area contributed by atoms with E-state index in [-0.39, 0.29) is 0 Å². The lowest BCUT2D eigenvalue weighted by molar-refractivity contribution is -0.117. The molecule has 1 radical (unpaired) electrons. The number of nitrogens with one attached hydrogen (secondary N) is 2. The molecule has 0 saturated carbocycles. The van der Waals surface area contributed by atoms with E-state index in [1.54, 1.807) is 7.05 Å². The summed E-state index contributed by atoms with van der Waals surface area (Å²) in [6.45, 7) is 0.419. The fourth-order valence-electron chi connectivity index (χ4n) is 0.724. The van der Waals surface area contributed by atoms with Gasteiger partial charge in [0.1, 0.15) is 0 Å². The van der Waals surface area contributed by atoms with Crippen molar-refractivity contribution < 1.29 is 9.59 Å². The first kappa shape index (κ1) is 7.74. The van der Waals surface area contributed by atoms with Gasteiger partial charge in [0, 0.05) is 18.3 Å². The predicted octanol–water partition coefficient (Wildman–Crippen LogP) is -1.06. The van der Waals surface area contributed by atoms with Gasteiger partial charge in [0.25, 0.3) is 5.91 Å². The summed E-state index contributed by atoms with van der Waals surface area (Å²) >= 11 is 0. The summed E-state index contributed by atoms with van der Waals surface area (Å²) in [7, 11) is 1.71. The predicted molar refractivity (Wildman–Crippen MR) is 37.7 cm³/mol. The van der Waals surface area contributed by atoms with Crippen molar-refractivity contribution in [3.8, 4) is 0 Å². The average molecular weight is 154 g/mol. The summed E-state index contributed by atoms with van der Waals surface area (Å²) in [5.41, 5.74) is 0.465. The topological polar surface area (TPSA) is 72.3 Å². The van der Waals surface area contributed by atoms with Crippen LogP contribution >= 0.6 is 0 Å². The summed E-state index contributed by atoms with van der Waals surface area (Å²) in [5, 5.41) is 8.29. The van der Waals surface area contributed by atoms with Crippen molar-refractivity contribution in [3.05, 3.63) is 11.8 Å². The quantitative estimate of drug-likeness (QED) is 0.532. The van der Waals surface area contributed by atoms with Crippen molar-refractivity contribution in [3.63, 3.8) is 0 Å². The highest BCUT2D eigenvalue weighted by molar-refractivity contribution is 6.06. The van der Waals surface area contributed by atoms with E-state index in [0.29, 0.717) is 12.1 Å². The molecule has 0 saturated heterocycles. The molecule has 0 unspecified atom stereocenters. The lowest BCUT2D eigenvalue weighted by atomic mass is 10.2.